The van der Waals surface area contributed by atoms with Gasteiger partial charge in [0.05, 0.1) is 5.92 Å². The zero-order valence-electron chi connectivity index (χ0n) is 6.57. The molecule has 1 N–H and O–H groups in total. The minimum absolute atomic E-state index is 0.0326. The monoisotopic (exact) mass is 164 g/mol. The third-order valence-corrected chi connectivity index (χ3v) is 2.05. The van der Waals surface area contributed by atoms with Crippen molar-refractivity contribution in [3.05, 3.63) is 23.8 Å². The zero-order chi connectivity index (χ0) is 8.72. The predicted molar refractivity (Wildman–Crippen MR) is 42.2 cm³/mol. The van der Waals surface area contributed by atoms with Crippen molar-refractivity contribution in [2.24, 2.45) is 0 Å². The molecule has 1 aliphatic heterocycles. The van der Waals surface area contributed by atoms with Crippen LogP contribution in [0.15, 0.2) is 18.2 Å². The Morgan fingerprint density at radius 3 is 2.92 bits per heavy atom. The first-order valence-corrected chi connectivity index (χ1v) is 3.73. The van der Waals surface area contributed by atoms with Crippen molar-refractivity contribution in [2.75, 3.05) is 0 Å². The van der Waals surface area contributed by atoms with E-state index in [1.165, 1.54) is 6.07 Å². The van der Waals surface area contributed by atoms with E-state index in [9.17, 15) is 9.90 Å². The van der Waals surface area contributed by atoms with Gasteiger partial charge in [0.25, 0.3) is 0 Å². The second-order valence-electron chi connectivity index (χ2n) is 2.84. The van der Waals surface area contributed by atoms with Crippen LogP contribution in [0.2, 0.25) is 0 Å². The highest BCUT2D eigenvalue weighted by molar-refractivity contribution is 5.86. The minimum Gasteiger partial charge on any atom is -0.504 e. The smallest absolute Gasteiger partial charge is 0.318 e. The number of ether oxygens (including phenoxy) is 1. The molecule has 1 aromatic carbocycles. The minimum atomic E-state index is -0.300. The molecule has 0 aliphatic carbocycles. The number of phenolic OH excluding ortho intramolecular Hbond substituents is 1. The van der Waals surface area contributed by atoms with Gasteiger partial charge < -0.3 is 9.84 Å². The van der Waals surface area contributed by atoms with Crippen LogP contribution in [-0.4, -0.2) is 11.1 Å². The van der Waals surface area contributed by atoms with Crippen LogP contribution in [0.5, 0.6) is 11.5 Å². The maximum absolute atomic E-state index is 11.0. The first-order chi connectivity index (χ1) is 5.70. The molecule has 0 radical (unpaired) electrons. The van der Waals surface area contributed by atoms with Crippen molar-refractivity contribution in [3.8, 4) is 11.5 Å². The molecule has 0 fully saturated rings. The van der Waals surface area contributed by atoms with Gasteiger partial charge in [-0.05, 0) is 13.0 Å². The molecule has 1 aromatic rings. The molecule has 0 saturated carbocycles. The van der Waals surface area contributed by atoms with Crippen LogP contribution in [0.25, 0.3) is 0 Å². The molecule has 1 heterocycles. The molecule has 12 heavy (non-hydrogen) atoms. The van der Waals surface area contributed by atoms with Crippen LogP contribution in [0.1, 0.15) is 18.4 Å². The molecule has 2 rings (SSSR count). The largest absolute Gasteiger partial charge is 0.504 e. The molecule has 0 spiro atoms. The highest BCUT2D eigenvalue weighted by atomic mass is 16.5. The van der Waals surface area contributed by atoms with Crippen LogP contribution in [0.3, 0.4) is 0 Å². The summed E-state index contributed by atoms with van der Waals surface area (Å²) in [6.07, 6.45) is 0. The lowest BCUT2D eigenvalue weighted by Crippen LogP contribution is -2.05. The molecular weight excluding hydrogens is 156 g/mol. The first kappa shape index (κ1) is 7.16. The number of carbonyl (C=O) groups is 1. The van der Waals surface area contributed by atoms with Crippen molar-refractivity contribution in [1.29, 1.82) is 0 Å². The number of rotatable bonds is 0. The van der Waals surface area contributed by atoms with Gasteiger partial charge in [0.15, 0.2) is 11.5 Å². The summed E-state index contributed by atoms with van der Waals surface area (Å²) >= 11 is 0. The number of fused-ring (bicyclic) bond motifs is 1. The number of phenols is 1. The fourth-order valence-electron chi connectivity index (χ4n) is 1.31. The highest BCUT2D eigenvalue weighted by Gasteiger charge is 2.30. The SMILES string of the molecule is C[C@@H]1C(=O)Oc2c(O)cccc21. The molecule has 62 valence electrons. The fraction of sp³-hybridized carbons (Fsp3) is 0.222. The summed E-state index contributed by atoms with van der Waals surface area (Å²) in [4.78, 5) is 11.0. The third kappa shape index (κ3) is 0.794. The van der Waals surface area contributed by atoms with Crippen molar-refractivity contribution in [2.45, 2.75) is 12.8 Å². The van der Waals surface area contributed by atoms with Gasteiger partial charge in [-0.25, -0.2) is 0 Å². The molecule has 0 unspecified atom stereocenters. The van der Waals surface area contributed by atoms with Gasteiger partial charge in [-0.1, -0.05) is 12.1 Å². The highest BCUT2D eigenvalue weighted by Crippen LogP contribution is 2.40. The van der Waals surface area contributed by atoms with E-state index < -0.39 is 0 Å². The third-order valence-electron chi connectivity index (χ3n) is 2.05. The average molecular weight is 164 g/mol. The summed E-state index contributed by atoms with van der Waals surface area (Å²) in [6.45, 7) is 1.76. The summed E-state index contributed by atoms with van der Waals surface area (Å²) in [5.41, 5.74) is 0.764. The van der Waals surface area contributed by atoms with Crippen molar-refractivity contribution in [3.63, 3.8) is 0 Å². The number of hydrogen-bond donors (Lipinski definition) is 1. The van der Waals surface area contributed by atoms with E-state index in [-0.39, 0.29) is 17.6 Å². The Kier molecular flexibility index (Phi) is 1.33. The number of para-hydroxylation sites is 1. The molecule has 3 nitrogen and oxygen atoms in total. The first-order valence-electron chi connectivity index (χ1n) is 3.73. The van der Waals surface area contributed by atoms with Gasteiger partial charge in [-0.3, -0.25) is 4.79 Å². The molecule has 0 amide bonds. The van der Waals surface area contributed by atoms with Crippen molar-refractivity contribution >= 4 is 5.97 Å². The van der Waals surface area contributed by atoms with E-state index in [2.05, 4.69) is 0 Å². The van der Waals surface area contributed by atoms with Gasteiger partial charge >= 0.3 is 5.97 Å². The van der Waals surface area contributed by atoms with Gasteiger partial charge in [0.2, 0.25) is 0 Å². The van der Waals surface area contributed by atoms with E-state index >= 15 is 0 Å². The lowest BCUT2D eigenvalue weighted by atomic mass is 10.0. The standard InChI is InChI=1S/C9H8O3/c1-5-6-3-2-4-7(10)8(6)12-9(5)11/h2-5,10H,1H3/t5-/m0/s1. The van der Waals surface area contributed by atoms with E-state index in [0.717, 1.165) is 5.56 Å². The van der Waals surface area contributed by atoms with Crippen LogP contribution in [-0.2, 0) is 4.79 Å². The predicted octanol–water partition coefficient (Wildman–Crippen LogP) is 1.41. The maximum Gasteiger partial charge on any atom is 0.318 e. The van der Waals surface area contributed by atoms with Gasteiger partial charge in [-0.2, -0.15) is 0 Å². The number of carbonyl (C=O) groups excluding carboxylic acids is 1. The van der Waals surface area contributed by atoms with E-state index in [4.69, 9.17) is 4.74 Å². The molecular formula is C9H8O3. The van der Waals surface area contributed by atoms with E-state index in [1.807, 2.05) is 0 Å². The summed E-state index contributed by atoms with van der Waals surface area (Å²) in [6, 6.07) is 4.99. The average Bonchev–Trinajstić information content (AvgIpc) is 2.32. The Morgan fingerprint density at radius 1 is 1.50 bits per heavy atom. The Bertz CT molecular complexity index is 344. The van der Waals surface area contributed by atoms with Crippen molar-refractivity contribution < 1.29 is 14.6 Å². The van der Waals surface area contributed by atoms with Gasteiger partial charge in [0, 0.05) is 5.56 Å². The Morgan fingerprint density at radius 2 is 2.25 bits per heavy atom. The molecule has 0 aromatic heterocycles. The number of esters is 1. The summed E-state index contributed by atoms with van der Waals surface area (Å²) in [5, 5.41) is 9.29. The van der Waals surface area contributed by atoms with Crippen LogP contribution in [0.4, 0.5) is 0 Å². The Balaban J connectivity index is 2.60. The molecule has 1 atom stereocenters. The number of hydrogen-bond acceptors (Lipinski definition) is 3. The normalized spacial score (nSPS) is 20.4. The van der Waals surface area contributed by atoms with Gasteiger partial charge in [0.1, 0.15) is 0 Å². The Hall–Kier alpha value is -1.51. The van der Waals surface area contributed by atoms with Crippen LogP contribution in [0, 0.1) is 0 Å². The van der Waals surface area contributed by atoms with Crippen molar-refractivity contribution in [1.82, 2.24) is 0 Å². The maximum atomic E-state index is 11.0. The number of aromatic hydroxyl groups is 1. The van der Waals surface area contributed by atoms with E-state index in [0.29, 0.717) is 5.75 Å². The van der Waals surface area contributed by atoms with Crippen LogP contribution < -0.4 is 4.74 Å². The zero-order valence-corrected chi connectivity index (χ0v) is 6.57. The summed E-state index contributed by atoms with van der Waals surface area (Å²) < 4.78 is 4.86. The second-order valence-corrected chi connectivity index (χ2v) is 2.84. The number of benzene rings is 1. The second kappa shape index (κ2) is 2.24. The fourth-order valence-corrected chi connectivity index (χ4v) is 1.31. The molecule has 0 saturated heterocycles. The Labute approximate surface area is 69.6 Å². The molecule has 0 bridgehead atoms. The quantitative estimate of drug-likeness (QED) is 0.466. The molecule has 3 heteroatoms. The van der Waals surface area contributed by atoms with Crippen LogP contribution >= 0.6 is 0 Å². The summed E-state index contributed by atoms with van der Waals surface area (Å²) in [7, 11) is 0. The lowest BCUT2D eigenvalue weighted by Gasteiger charge is -1.98. The lowest BCUT2D eigenvalue weighted by molar-refractivity contribution is -0.133. The summed E-state index contributed by atoms with van der Waals surface area (Å²) in [5.74, 6) is -0.209. The molecule has 1 aliphatic rings. The topological polar surface area (TPSA) is 46.5 Å². The van der Waals surface area contributed by atoms with Gasteiger partial charge in [-0.15, -0.1) is 0 Å². The van der Waals surface area contributed by atoms with E-state index in [1.54, 1.807) is 19.1 Å².